The number of halogens is 1. The van der Waals surface area contributed by atoms with Gasteiger partial charge >= 0.3 is 0 Å². The zero-order chi connectivity index (χ0) is 29.3. The molecule has 2 aliphatic rings. The molecular formula is C33H44FN5O2. The topological polar surface area (TPSA) is 61.7 Å². The van der Waals surface area contributed by atoms with Gasteiger partial charge in [0.15, 0.2) is 0 Å². The summed E-state index contributed by atoms with van der Waals surface area (Å²) >= 11 is 0. The average Bonchev–Trinajstić information content (AvgIpc) is 3.56. The molecule has 0 unspecified atom stereocenters. The summed E-state index contributed by atoms with van der Waals surface area (Å²) in [6, 6.07) is 4.48. The van der Waals surface area contributed by atoms with Gasteiger partial charge in [0.2, 0.25) is 5.91 Å². The van der Waals surface area contributed by atoms with Crippen molar-refractivity contribution >= 4 is 22.7 Å². The normalized spacial score (nSPS) is 18.5. The van der Waals surface area contributed by atoms with E-state index in [0.29, 0.717) is 23.1 Å². The fraction of sp³-hybridized carbons (Fsp3) is 0.545. The van der Waals surface area contributed by atoms with E-state index in [0.717, 1.165) is 63.1 Å². The monoisotopic (exact) mass is 561 g/mol. The largest absolute Gasteiger partial charge is 0.343 e. The summed E-state index contributed by atoms with van der Waals surface area (Å²) in [4.78, 5) is 35.7. The molecule has 0 aliphatic carbocycles. The van der Waals surface area contributed by atoms with Gasteiger partial charge in [-0.05, 0) is 107 Å². The lowest BCUT2D eigenvalue weighted by molar-refractivity contribution is -0.130. The van der Waals surface area contributed by atoms with Crippen LogP contribution in [-0.4, -0.2) is 81.9 Å². The van der Waals surface area contributed by atoms with Gasteiger partial charge in [-0.15, -0.1) is 0 Å². The van der Waals surface area contributed by atoms with E-state index in [1.54, 1.807) is 24.9 Å². The van der Waals surface area contributed by atoms with E-state index in [1.807, 2.05) is 35.7 Å². The van der Waals surface area contributed by atoms with E-state index in [2.05, 4.69) is 23.0 Å². The number of carbonyl (C=O) groups excluding carboxylic acids is 2. The molecule has 220 valence electrons. The summed E-state index contributed by atoms with van der Waals surface area (Å²) in [5.41, 5.74) is 4.34. The van der Waals surface area contributed by atoms with Crippen LogP contribution in [0.25, 0.3) is 16.6 Å². The summed E-state index contributed by atoms with van der Waals surface area (Å²) in [6.45, 7) is 12.8. The lowest BCUT2D eigenvalue weighted by Crippen LogP contribution is -2.37. The van der Waals surface area contributed by atoms with Crippen LogP contribution in [-0.2, 0) is 11.2 Å². The molecule has 1 aromatic carbocycles. The van der Waals surface area contributed by atoms with Crippen molar-refractivity contribution in [1.82, 2.24) is 24.3 Å². The fourth-order valence-corrected chi connectivity index (χ4v) is 6.60. The molecule has 0 bridgehead atoms. The van der Waals surface area contributed by atoms with E-state index in [9.17, 15) is 14.0 Å². The Morgan fingerprint density at radius 3 is 2.54 bits per heavy atom. The van der Waals surface area contributed by atoms with E-state index in [-0.39, 0.29) is 17.9 Å². The van der Waals surface area contributed by atoms with Crippen molar-refractivity contribution in [3.8, 4) is 5.69 Å². The molecule has 3 aromatic rings. The lowest BCUT2D eigenvalue weighted by atomic mass is 9.93. The first-order chi connectivity index (χ1) is 19.6. The van der Waals surface area contributed by atoms with E-state index in [4.69, 9.17) is 0 Å². The molecule has 2 saturated heterocycles. The third-order valence-corrected chi connectivity index (χ3v) is 9.32. The summed E-state index contributed by atoms with van der Waals surface area (Å²) in [6.07, 6.45) is 11.5. The molecule has 8 heteroatoms. The second kappa shape index (κ2) is 12.3. The summed E-state index contributed by atoms with van der Waals surface area (Å²) in [5.74, 6) is 0.846. The number of likely N-dealkylation sites (tertiary alicyclic amines) is 2. The summed E-state index contributed by atoms with van der Waals surface area (Å²) < 4.78 is 16.4. The number of hydrogen-bond acceptors (Lipinski definition) is 4. The molecule has 7 nitrogen and oxygen atoms in total. The van der Waals surface area contributed by atoms with Crippen molar-refractivity contribution in [3.05, 3.63) is 59.3 Å². The van der Waals surface area contributed by atoms with Gasteiger partial charge in [0.1, 0.15) is 5.82 Å². The maximum atomic E-state index is 14.4. The van der Waals surface area contributed by atoms with Crippen LogP contribution in [0, 0.1) is 24.6 Å². The highest BCUT2D eigenvalue weighted by atomic mass is 19.1. The smallest absolute Gasteiger partial charge is 0.256 e. The Balaban J connectivity index is 1.33. The Kier molecular flexibility index (Phi) is 8.78. The van der Waals surface area contributed by atoms with Gasteiger partial charge in [-0.25, -0.2) is 4.39 Å². The Hall–Kier alpha value is -3.26. The molecule has 2 amide bonds. The summed E-state index contributed by atoms with van der Waals surface area (Å²) in [5, 5.41) is 1.18. The molecule has 2 aromatic heterocycles. The van der Waals surface area contributed by atoms with Crippen LogP contribution in [0.15, 0.2) is 36.8 Å². The van der Waals surface area contributed by atoms with Crippen molar-refractivity contribution in [2.45, 2.75) is 65.8 Å². The third kappa shape index (κ3) is 6.32. The first-order valence-corrected chi connectivity index (χ1v) is 15.1. The first kappa shape index (κ1) is 29.2. The highest BCUT2D eigenvalue weighted by Crippen LogP contribution is 2.33. The van der Waals surface area contributed by atoms with E-state index in [1.165, 1.54) is 35.9 Å². The molecule has 0 N–H and O–H groups in total. The standard InChI is InChI=1S/C33H44FN5O2/c1-22(2)36(5)33(41)29-17-28(34)6-7-30(29)39-21-27(32-23(3)18-35-19-31(32)39)16-26-9-13-37(20-26)12-8-25-10-14-38(15-11-25)24(4)40/h6-7,17-19,21-22,25-26H,8-16,20H2,1-5H3/t26-/m0/s1. The molecule has 2 fully saturated rings. The number of pyridine rings is 1. The number of rotatable bonds is 8. The number of aromatic nitrogens is 2. The maximum Gasteiger partial charge on any atom is 0.256 e. The number of hydrogen-bond donors (Lipinski definition) is 0. The highest BCUT2D eigenvalue weighted by molar-refractivity contribution is 5.99. The van der Waals surface area contributed by atoms with Crippen LogP contribution >= 0.6 is 0 Å². The van der Waals surface area contributed by atoms with E-state index < -0.39 is 5.82 Å². The average molecular weight is 562 g/mol. The van der Waals surface area contributed by atoms with Crippen molar-refractivity contribution in [3.63, 3.8) is 0 Å². The number of nitrogens with zero attached hydrogens (tertiary/aromatic N) is 5. The van der Waals surface area contributed by atoms with Crippen molar-refractivity contribution in [2.24, 2.45) is 11.8 Å². The zero-order valence-electron chi connectivity index (χ0n) is 25.2. The molecule has 0 saturated carbocycles. The van der Waals surface area contributed by atoms with Crippen LogP contribution in [0.1, 0.15) is 67.9 Å². The van der Waals surface area contributed by atoms with Crippen molar-refractivity contribution < 1.29 is 14.0 Å². The van der Waals surface area contributed by atoms with Gasteiger partial charge in [-0.1, -0.05) is 0 Å². The molecular weight excluding hydrogens is 517 g/mol. The number of piperidine rings is 1. The Labute approximate surface area is 243 Å². The minimum absolute atomic E-state index is 0.00171. The third-order valence-electron chi connectivity index (χ3n) is 9.32. The Morgan fingerprint density at radius 1 is 1.10 bits per heavy atom. The second-order valence-electron chi connectivity index (χ2n) is 12.4. The minimum Gasteiger partial charge on any atom is -0.343 e. The number of aryl methyl sites for hydroxylation is 1. The second-order valence-corrected chi connectivity index (χ2v) is 12.4. The molecule has 0 radical (unpaired) electrons. The van der Waals surface area contributed by atoms with Crippen LogP contribution in [0.4, 0.5) is 4.39 Å². The Morgan fingerprint density at radius 2 is 1.83 bits per heavy atom. The maximum absolute atomic E-state index is 14.4. The van der Waals surface area contributed by atoms with Crippen molar-refractivity contribution in [1.29, 1.82) is 0 Å². The molecule has 2 aliphatic heterocycles. The SMILES string of the molecule is CC(=O)N1CCC(CCN2CC[C@@H](Cc3cn(-c4ccc(F)cc4C(=O)N(C)C(C)C)c4cncc(C)c34)C2)CC1. The van der Waals surface area contributed by atoms with Gasteiger partial charge in [0.25, 0.3) is 5.91 Å². The van der Waals surface area contributed by atoms with Gasteiger partial charge in [0.05, 0.1) is 23.0 Å². The highest BCUT2D eigenvalue weighted by Gasteiger charge is 2.27. The van der Waals surface area contributed by atoms with E-state index >= 15 is 0 Å². The van der Waals surface area contributed by atoms with Crippen LogP contribution < -0.4 is 0 Å². The van der Waals surface area contributed by atoms with Gasteiger partial charge in [0, 0.05) is 57.4 Å². The first-order valence-electron chi connectivity index (χ1n) is 15.1. The van der Waals surface area contributed by atoms with Gasteiger partial charge < -0.3 is 19.3 Å². The zero-order valence-corrected chi connectivity index (χ0v) is 25.2. The van der Waals surface area contributed by atoms with Crippen molar-refractivity contribution in [2.75, 3.05) is 39.8 Å². The van der Waals surface area contributed by atoms with Crippen LogP contribution in [0.2, 0.25) is 0 Å². The molecule has 5 rings (SSSR count). The predicted molar refractivity (Wildman–Crippen MR) is 161 cm³/mol. The molecule has 1 atom stereocenters. The Bertz CT molecular complexity index is 1410. The molecule has 4 heterocycles. The van der Waals surface area contributed by atoms with Crippen LogP contribution in [0.3, 0.4) is 0 Å². The number of benzene rings is 1. The number of carbonyl (C=O) groups is 2. The number of fused-ring (bicyclic) bond motifs is 1. The predicted octanol–water partition coefficient (Wildman–Crippen LogP) is 5.47. The number of amides is 2. The van der Waals surface area contributed by atoms with Gasteiger partial charge in [-0.3, -0.25) is 14.6 Å². The van der Waals surface area contributed by atoms with Crippen LogP contribution in [0.5, 0.6) is 0 Å². The van der Waals surface area contributed by atoms with Gasteiger partial charge in [-0.2, -0.15) is 0 Å². The molecule has 0 spiro atoms. The lowest BCUT2D eigenvalue weighted by Gasteiger charge is -2.32. The minimum atomic E-state index is -0.421. The summed E-state index contributed by atoms with van der Waals surface area (Å²) in [7, 11) is 1.76. The molecule has 41 heavy (non-hydrogen) atoms. The fourth-order valence-electron chi connectivity index (χ4n) is 6.60. The quantitative estimate of drug-likeness (QED) is 0.366.